The zero-order valence-corrected chi connectivity index (χ0v) is 10.2. The second kappa shape index (κ2) is 8.01. The quantitative estimate of drug-likeness (QED) is 0.575. The van der Waals surface area contributed by atoms with Crippen molar-refractivity contribution >= 4 is 0 Å². The summed E-state index contributed by atoms with van der Waals surface area (Å²) in [5.74, 6) is 0. The van der Waals surface area contributed by atoms with Crippen LogP contribution < -0.4 is 0 Å². The SMILES string of the molecule is COCCOCCOCCC1(CO)CCC1. The van der Waals surface area contributed by atoms with Crippen molar-refractivity contribution in [3.63, 3.8) is 0 Å². The lowest BCUT2D eigenvalue weighted by Crippen LogP contribution is -2.34. The molecule has 4 nitrogen and oxygen atoms in total. The first-order valence-corrected chi connectivity index (χ1v) is 6.08. The molecule has 0 aromatic heterocycles. The molecule has 0 amide bonds. The lowest BCUT2D eigenvalue weighted by Gasteiger charge is -2.40. The lowest BCUT2D eigenvalue weighted by atomic mass is 9.67. The fraction of sp³-hybridized carbons (Fsp3) is 1.00. The molecule has 0 heterocycles. The first kappa shape index (κ1) is 13.9. The maximum absolute atomic E-state index is 9.24. The molecule has 0 aromatic carbocycles. The van der Waals surface area contributed by atoms with E-state index in [2.05, 4.69) is 0 Å². The molecule has 0 saturated heterocycles. The lowest BCUT2D eigenvalue weighted by molar-refractivity contribution is -0.0137. The molecule has 0 aliphatic heterocycles. The van der Waals surface area contributed by atoms with E-state index in [1.807, 2.05) is 0 Å². The molecule has 0 spiro atoms. The van der Waals surface area contributed by atoms with Crippen LogP contribution in [0.1, 0.15) is 25.7 Å². The Hall–Kier alpha value is -0.160. The first-order valence-electron chi connectivity index (χ1n) is 6.08. The predicted octanol–water partition coefficient (Wildman–Crippen LogP) is 1.22. The van der Waals surface area contributed by atoms with E-state index in [1.54, 1.807) is 7.11 Å². The van der Waals surface area contributed by atoms with Crippen molar-refractivity contribution in [2.24, 2.45) is 5.41 Å². The minimum absolute atomic E-state index is 0.177. The topological polar surface area (TPSA) is 47.9 Å². The van der Waals surface area contributed by atoms with Gasteiger partial charge < -0.3 is 19.3 Å². The van der Waals surface area contributed by atoms with E-state index in [9.17, 15) is 5.11 Å². The summed E-state index contributed by atoms with van der Waals surface area (Å²) in [6.45, 7) is 3.55. The average Bonchev–Trinajstić information content (AvgIpc) is 2.25. The highest BCUT2D eigenvalue weighted by atomic mass is 16.5. The smallest absolute Gasteiger partial charge is 0.0701 e. The van der Waals surface area contributed by atoms with Crippen molar-refractivity contribution in [1.29, 1.82) is 0 Å². The first-order chi connectivity index (χ1) is 7.83. The Morgan fingerprint density at radius 3 is 2.12 bits per heavy atom. The van der Waals surface area contributed by atoms with Gasteiger partial charge in [-0.25, -0.2) is 0 Å². The highest BCUT2D eigenvalue weighted by Gasteiger charge is 2.35. The minimum Gasteiger partial charge on any atom is -0.396 e. The van der Waals surface area contributed by atoms with Gasteiger partial charge in [-0.1, -0.05) is 6.42 Å². The van der Waals surface area contributed by atoms with Crippen LogP contribution in [0.5, 0.6) is 0 Å². The molecule has 16 heavy (non-hydrogen) atoms. The third-order valence-electron chi connectivity index (χ3n) is 3.33. The molecule has 0 bridgehead atoms. The van der Waals surface area contributed by atoms with Crippen LogP contribution >= 0.6 is 0 Å². The summed E-state index contributed by atoms with van der Waals surface area (Å²) < 4.78 is 15.6. The Morgan fingerprint density at radius 2 is 1.62 bits per heavy atom. The molecule has 1 saturated carbocycles. The highest BCUT2D eigenvalue weighted by molar-refractivity contribution is 4.86. The van der Waals surface area contributed by atoms with E-state index in [0.717, 1.165) is 25.9 Å². The number of aliphatic hydroxyl groups excluding tert-OH is 1. The number of rotatable bonds is 10. The van der Waals surface area contributed by atoms with Gasteiger partial charge in [0.15, 0.2) is 0 Å². The third kappa shape index (κ3) is 4.78. The van der Waals surface area contributed by atoms with Crippen LogP contribution in [0.25, 0.3) is 0 Å². The van der Waals surface area contributed by atoms with Gasteiger partial charge in [-0.3, -0.25) is 0 Å². The van der Waals surface area contributed by atoms with Crippen molar-refractivity contribution < 1.29 is 19.3 Å². The van der Waals surface area contributed by atoms with Crippen LogP contribution in [0.15, 0.2) is 0 Å². The number of aliphatic hydroxyl groups is 1. The van der Waals surface area contributed by atoms with Crippen LogP contribution in [-0.2, 0) is 14.2 Å². The van der Waals surface area contributed by atoms with Gasteiger partial charge in [0.25, 0.3) is 0 Å². The molecule has 1 aliphatic rings. The van der Waals surface area contributed by atoms with E-state index in [-0.39, 0.29) is 5.41 Å². The summed E-state index contributed by atoms with van der Waals surface area (Å²) in [4.78, 5) is 0. The Morgan fingerprint density at radius 1 is 1.00 bits per heavy atom. The maximum Gasteiger partial charge on any atom is 0.0701 e. The Balaban J connectivity index is 1.84. The van der Waals surface area contributed by atoms with Gasteiger partial charge in [-0.05, 0) is 24.7 Å². The largest absolute Gasteiger partial charge is 0.396 e. The second-order valence-corrected chi connectivity index (χ2v) is 4.48. The summed E-state index contributed by atoms with van der Waals surface area (Å²) >= 11 is 0. The molecule has 0 atom stereocenters. The number of methoxy groups -OCH3 is 1. The summed E-state index contributed by atoms with van der Waals surface area (Å²) in [6, 6.07) is 0. The van der Waals surface area contributed by atoms with Gasteiger partial charge in [0.05, 0.1) is 26.4 Å². The van der Waals surface area contributed by atoms with Crippen molar-refractivity contribution in [2.75, 3.05) is 46.8 Å². The van der Waals surface area contributed by atoms with E-state index >= 15 is 0 Å². The van der Waals surface area contributed by atoms with E-state index < -0.39 is 0 Å². The number of hydrogen-bond donors (Lipinski definition) is 1. The molecule has 1 N–H and O–H groups in total. The Labute approximate surface area is 97.9 Å². The van der Waals surface area contributed by atoms with Crippen molar-refractivity contribution in [1.82, 2.24) is 0 Å². The number of ether oxygens (including phenoxy) is 3. The summed E-state index contributed by atoms with van der Waals surface area (Å²) in [6.07, 6.45) is 4.52. The Kier molecular flexibility index (Phi) is 6.96. The van der Waals surface area contributed by atoms with E-state index in [4.69, 9.17) is 14.2 Å². The van der Waals surface area contributed by atoms with Crippen molar-refractivity contribution in [2.45, 2.75) is 25.7 Å². The molecular weight excluding hydrogens is 208 g/mol. The highest BCUT2D eigenvalue weighted by Crippen LogP contribution is 2.43. The fourth-order valence-electron chi connectivity index (χ4n) is 1.92. The van der Waals surface area contributed by atoms with Crippen LogP contribution in [0.4, 0.5) is 0 Å². The standard InChI is InChI=1S/C12H24O4/c1-14-7-8-16-10-9-15-6-5-12(11-13)3-2-4-12/h13H,2-11H2,1H3. The van der Waals surface area contributed by atoms with Gasteiger partial charge in [0.2, 0.25) is 0 Å². The zero-order valence-electron chi connectivity index (χ0n) is 10.2. The molecule has 0 radical (unpaired) electrons. The molecule has 1 aliphatic carbocycles. The Bertz CT molecular complexity index is 163. The van der Waals surface area contributed by atoms with Gasteiger partial charge in [0.1, 0.15) is 0 Å². The van der Waals surface area contributed by atoms with E-state index in [0.29, 0.717) is 33.0 Å². The normalized spacial score (nSPS) is 18.4. The van der Waals surface area contributed by atoms with Crippen LogP contribution in [0, 0.1) is 5.41 Å². The van der Waals surface area contributed by atoms with Gasteiger partial charge in [-0.2, -0.15) is 0 Å². The molecule has 1 fully saturated rings. The zero-order chi connectivity index (χ0) is 11.7. The van der Waals surface area contributed by atoms with Crippen LogP contribution in [0.3, 0.4) is 0 Å². The third-order valence-corrected chi connectivity index (χ3v) is 3.33. The molecule has 0 unspecified atom stereocenters. The van der Waals surface area contributed by atoms with Gasteiger partial charge >= 0.3 is 0 Å². The summed E-state index contributed by atoms with van der Waals surface area (Å²) in [7, 11) is 1.66. The minimum atomic E-state index is 0.177. The molecule has 4 heteroatoms. The fourth-order valence-corrected chi connectivity index (χ4v) is 1.92. The van der Waals surface area contributed by atoms with Crippen molar-refractivity contribution in [3.05, 3.63) is 0 Å². The van der Waals surface area contributed by atoms with E-state index in [1.165, 1.54) is 6.42 Å². The number of hydrogen-bond acceptors (Lipinski definition) is 4. The monoisotopic (exact) mass is 232 g/mol. The molecule has 96 valence electrons. The molecular formula is C12H24O4. The predicted molar refractivity (Wildman–Crippen MR) is 61.5 cm³/mol. The summed E-state index contributed by atoms with van der Waals surface area (Å²) in [5, 5.41) is 9.24. The van der Waals surface area contributed by atoms with Crippen LogP contribution in [0.2, 0.25) is 0 Å². The average molecular weight is 232 g/mol. The van der Waals surface area contributed by atoms with Crippen LogP contribution in [-0.4, -0.2) is 51.9 Å². The van der Waals surface area contributed by atoms with Gasteiger partial charge in [0, 0.05) is 20.3 Å². The van der Waals surface area contributed by atoms with Crippen molar-refractivity contribution in [3.8, 4) is 0 Å². The summed E-state index contributed by atoms with van der Waals surface area (Å²) in [5.41, 5.74) is 0.177. The second-order valence-electron chi connectivity index (χ2n) is 4.48. The van der Waals surface area contributed by atoms with Gasteiger partial charge in [-0.15, -0.1) is 0 Å². The molecule has 0 aromatic rings. The maximum atomic E-state index is 9.24. The molecule has 1 rings (SSSR count).